The summed E-state index contributed by atoms with van der Waals surface area (Å²) in [5.41, 5.74) is 0. The normalized spacial score (nSPS) is 15.4. The van der Waals surface area contributed by atoms with E-state index in [0.29, 0.717) is 0 Å². The largest absolute Gasteiger partial charge is 0.405 e. The average molecular weight is 413 g/mol. The van der Waals surface area contributed by atoms with Crippen LogP contribution in [0.3, 0.4) is 0 Å². The molecule has 0 N–H and O–H groups in total. The summed E-state index contributed by atoms with van der Waals surface area (Å²) in [5, 5.41) is -1.51. The molecule has 0 radical (unpaired) electrons. The van der Waals surface area contributed by atoms with E-state index in [0.717, 1.165) is 12.4 Å². The second-order valence-corrected chi connectivity index (χ2v) is 14.8. The van der Waals surface area contributed by atoms with E-state index in [2.05, 4.69) is 19.9 Å². The SMILES string of the molecule is CC(C(O[Si](C)(C)C(C)(C)C)c1ncc(F)cn1)S(=O)(=O)c1ncccn1. The zero-order chi connectivity index (χ0) is 20.5. The highest BCUT2D eigenvalue weighted by molar-refractivity contribution is 7.91. The van der Waals surface area contributed by atoms with Crippen molar-refractivity contribution in [2.45, 2.75) is 62.3 Å². The first kappa shape index (κ1) is 21.5. The molecule has 0 saturated heterocycles. The van der Waals surface area contributed by atoms with Gasteiger partial charge in [-0.15, -0.1) is 0 Å². The molecule has 0 aliphatic carbocycles. The number of nitrogens with zero attached hydrogens (tertiary/aromatic N) is 4. The Balaban J connectivity index is 2.50. The van der Waals surface area contributed by atoms with Crippen LogP contribution in [0.5, 0.6) is 0 Å². The van der Waals surface area contributed by atoms with Crippen LogP contribution < -0.4 is 0 Å². The summed E-state index contributed by atoms with van der Waals surface area (Å²) in [7, 11) is -6.30. The van der Waals surface area contributed by atoms with Crippen LogP contribution in [0.4, 0.5) is 4.39 Å². The van der Waals surface area contributed by atoms with E-state index in [1.54, 1.807) is 0 Å². The van der Waals surface area contributed by atoms with Gasteiger partial charge in [-0.3, -0.25) is 0 Å². The van der Waals surface area contributed by atoms with Gasteiger partial charge in [0.2, 0.25) is 15.0 Å². The Morgan fingerprint density at radius 1 is 1.07 bits per heavy atom. The highest BCUT2D eigenvalue weighted by Crippen LogP contribution is 2.41. The first-order chi connectivity index (χ1) is 12.4. The number of hydrogen-bond donors (Lipinski definition) is 0. The summed E-state index contributed by atoms with van der Waals surface area (Å²) in [6, 6.07) is 1.54. The number of aromatic nitrogens is 4. The van der Waals surface area contributed by atoms with Crippen molar-refractivity contribution in [2.75, 3.05) is 0 Å². The summed E-state index contributed by atoms with van der Waals surface area (Å²) in [6.45, 7) is 11.6. The van der Waals surface area contributed by atoms with Gasteiger partial charge in [-0.05, 0) is 31.1 Å². The zero-order valence-electron chi connectivity index (χ0n) is 16.3. The molecule has 0 aliphatic rings. The van der Waals surface area contributed by atoms with Crippen molar-refractivity contribution in [1.82, 2.24) is 19.9 Å². The average Bonchev–Trinajstić information content (AvgIpc) is 2.59. The number of sulfone groups is 1. The fourth-order valence-electron chi connectivity index (χ4n) is 2.08. The van der Waals surface area contributed by atoms with Gasteiger partial charge in [0.25, 0.3) is 0 Å². The lowest BCUT2D eigenvalue weighted by molar-refractivity contribution is 0.171. The standard InChI is InChI=1S/C17H25FN4O3SSi/c1-12(26(23,24)16-19-8-7-9-20-16)14(15-21-10-13(18)11-22-15)25-27(5,6)17(2,3)4/h7-12,14H,1-6H3. The van der Waals surface area contributed by atoms with Crippen molar-refractivity contribution in [3.05, 3.63) is 42.5 Å². The molecule has 148 valence electrons. The molecule has 27 heavy (non-hydrogen) atoms. The summed E-state index contributed by atoms with van der Waals surface area (Å²) in [4.78, 5) is 15.7. The topological polar surface area (TPSA) is 94.9 Å². The van der Waals surface area contributed by atoms with Crippen LogP contribution in [0.2, 0.25) is 18.1 Å². The second kappa shape index (κ2) is 7.68. The van der Waals surface area contributed by atoms with E-state index in [1.165, 1.54) is 25.4 Å². The van der Waals surface area contributed by atoms with E-state index < -0.39 is 35.3 Å². The van der Waals surface area contributed by atoms with Gasteiger partial charge in [-0.1, -0.05) is 20.8 Å². The van der Waals surface area contributed by atoms with E-state index in [4.69, 9.17) is 4.43 Å². The third-order valence-corrected chi connectivity index (χ3v) is 11.2. The van der Waals surface area contributed by atoms with E-state index in [1.807, 2.05) is 33.9 Å². The van der Waals surface area contributed by atoms with Gasteiger partial charge in [0, 0.05) is 12.4 Å². The minimum absolute atomic E-state index is 0.119. The maximum absolute atomic E-state index is 13.3. The summed E-state index contributed by atoms with van der Waals surface area (Å²) >= 11 is 0. The van der Waals surface area contributed by atoms with Crippen molar-refractivity contribution < 1.29 is 17.2 Å². The molecule has 0 aromatic carbocycles. The molecule has 0 spiro atoms. The number of halogens is 1. The first-order valence-electron chi connectivity index (χ1n) is 8.52. The molecule has 2 aromatic heterocycles. The predicted molar refractivity (Wildman–Crippen MR) is 102 cm³/mol. The second-order valence-electron chi connectivity index (χ2n) is 7.84. The lowest BCUT2D eigenvalue weighted by Crippen LogP contribution is -2.45. The van der Waals surface area contributed by atoms with Crippen LogP contribution in [-0.4, -0.2) is 41.9 Å². The van der Waals surface area contributed by atoms with Crippen LogP contribution in [0, 0.1) is 5.82 Å². The molecule has 0 aliphatic heterocycles. The van der Waals surface area contributed by atoms with Gasteiger partial charge in [0.1, 0.15) is 6.10 Å². The van der Waals surface area contributed by atoms with E-state index >= 15 is 0 Å². The molecule has 10 heteroatoms. The molecular weight excluding hydrogens is 387 g/mol. The summed E-state index contributed by atoms with van der Waals surface area (Å²) in [5.74, 6) is -0.486. The molecule has 2 atom stereocenters. The van der Waals surface area contributed by atoms with Crippen molar-refractivity contribution >= 4 is 18.2 Å². The molecule has 0 fully saturated rings. The zero-order valence-corrected chi connectivity index (χ0v) is 18.2. The van der Waals surface area contributed by atoms with Gasteiger partial charge < -0.3 is 4.43 Å². The monoisotopic (exact) mass is 412 g/mol. The molecule has 0 saturated carbocycles. The molecular formula is C17H25FN4O3SSi. The van der Waals surface area contributed by atoms with Gasteiger partial charge in [-0.2, -0.15) is 0 Å². The summed E-state index contributed by atoms with van der Waals surface area (Å²) in [6.07, 6.45) is 3.76. The van der Waals surface area contributed by atoms with Crippen LogP contribution >= 0.6 is 0 Å². The Morgan fingerprint density at radius 3 is 2.07 bits per heavy atom. The smallest absolute Gasteiger partial charge is 0.247 e. The maximum Gasteiger partial charge on any atom is 0.247 e. The quantitative estimate of drug-likeness (QED) is 0.530. The molecule has 0 amide bonds. The van der Waals surface area contributed by atoms with Crippen molar-refractivity contribution in [1.29, 1.82) is 0 Å². The van der Waals surface area contributed by atoms with Gasteiger partial charge in [0.15, 0.2) is 20.0 Å². The molecule has 2 aromatic rings. The Labute approximate surface area is 160 Å². The van der Waals surface area contributed by atoms with E-state index in [-0.39, 0.29) is 16.0 Å². The number of rotatable bonds is 6. The fourth-order valence-corrected chi connectivity index (χ4v) is 4.73. The minimum atomic E-state index is -3.91. The van der Waals surface area contributed by atoms with Crippen molar-refractivity contribution in [3.8, 4) is 0 Å². The lowest BCUT2D eigenvalue weighted by atomic mass is 10.2. The van der Waals surface area contributed by atoms with Crippen LogP contribution in [-0.2, 0) is 14.3 Å². The Morgan fingerprint density at radius 2 is 1.59 bits per heavy atom. The molecule has 2 rings (SSSR count). The van der Waals surface area contributed by atoms with Crippen LogP contribution in [0.1, 0.15) is 39.6 Å². The lowest BCUT2D eigenvalue weighted by Gasteiger charge is -2.40. The fraction of sp³-hybridized carbons (Fsp3) is 0.529. The van der Waals surface area contributed by atoms with Crippen LogP contribution in [0.25, 0.3) is 0 Å². The maximum atomic E-state index is 13.3. The van der Waals surface area contributed by atoms with Crippen LogP contribution in [0.15, 0.2) is 36.0 Å². The van der Waals surface area contributed by atoms with Gasteiger partial charge in [0.05, 0.1) is 17.6 Å². The van der Waals surface area contributed by atoms with Gasteiger partial charge in [-0.25, -0.2) is 32.7 Å². The Hall–Kier alpha value is -1.78. The highest BCUT2D eigenvalue weighted by Gasteiger charge is 2.44. The van der Waals surface area contributed by atoms with Crippen molar-refractivity contribution in [2.24, 2.45) is 0 Å². The van der Waals surface area contributed by atoms with Crippen molar-refractivity contribution in [3.63, 3.8) is 0 Å². The summed E-state index contributed by atoms with van der Waals surface area (Å²) < 4.78 is 45.7. The van der Waals surface area contributed by atoms with E-state index in [9.17, 15) is 12.8 Å². The molecule has 7 nitrogen and oxygen atoms in total. The Kier molecular flexibility index (Phi) is 6.12. The third kappa shape index (κ3) is 4.74. The molecule has 0 bridgehead atoms. The molecule has 2 unspecified atom stereocenters. The van der Waals surface area contributed by atoms with Gasteiger partial charge >= 0.3 is 0 Å². The first-order valence-corrected chi connectivity index (χ1v) is 13.0. The highest BCUT2D eigenvalue weighted by atomic mass is 32.2. The molecule has 2 heterocycles. The predicted octanol–water partition coefficient (Wildman–Crippen LogP) is 3.33. The Bertz CT molecular complexity index is 871. The number of hydrogen-bond acceptors (Lipinski definition) is 7. The third-order valence-electron chi connectivity index (χ3n) is 4.83. The minimum Gasteiger partial charge on any atom is -0.405 e.